The number of nitrogens with zero attached hydrogens (tertiary/aromatic N) is 1. The van der Waals surface area contributed by atoms with Gasteiger partial charge >= 0.3 is 11.9 Å². The van der Waals surface area contributed by atoms with Crippen LogP contribution in [-0.2, 0) is 32.7 Å². The van der Waals surface area contributed by atoms with Crippen molar-refractivity contribution in [3.8, 4) is 0 Å². The third-order valence-corrected chi connectivity index (χ3v) is 17.1. The summed E-state index contributed by atoms with van der Waals surface area (Å²) in [5.41, 5.74) is 0. The molecule has 82 heavy (non-hydrogen) atoms. The highest BCUT2D eigenvalue weighted by atomic mass is 31.2. The Morgan fingerprint density at radius 3 is 0.976 bits per heavy atom. The lowest BCUT2D eigenvalue weighted by Gasteiger charge is -2.28. The summed E-state index contributed by atoms with van der Waals surface area (Å²) in [6.07, 6.45) is 80.9. The Bertz CT molecular complexity index is 1480. The summed E-state index contributed by atoms with van der Waals surface area (Å²) < 4.78 is 34.3. The van der Waals surface area contributed by atoms with E-state index in [0.29, 0.717) is 17.4 Å². The minimum Gasteiger partial charge on any atom is -0.756 e. The minimum absolute atomic E-state index is 0.0280. The van der Waals surface area contributed by atoms with Gasteiger partial charge < -0.3 is 27.9 Å². The van der Waals surface area contributed by atoms with Crippen molar-refractivity contribution in [2.75, 3.05) is 47.5 Å². The van der Waals surface area contributed by atoms with Crippen LogP contribution in [0.25, 0.3) is 0 Å². The molecular formula is C72H138NO8P. The minimum atomic E-state index is -4.64. The van der Waals surface area contributed by atoms with Crippen molar-refractivity contribution in [1.29, 1.82) is 0 Å². The second-order valence-electron chi connectivity index (χ2n) is 25.6. The number of hydrogen-bond donors (Lipinski definition) is 0. The van der Waals surface area contributed by atoms with Crippen LogP contribution in [0, 0.1) is 0 Å². The monoisotopic (exact) mass is 1180 g/mol. The first-order chi connectivity index (χ1) is 40.0. The molecule has 0 aromatic heterocycles. The van der Waals surface area contributed by atoms with E-state index in [1.807, 2.05) is 21.1 Å². The van der Waals surface area contributed by atoms with Crippen LogP contribution in [-0.4, -0.2) is 70.0 Å². The average Bonchev–Trinajstić information content (AvgIpc) is 3.46. The maximum Gasteiger partial charge on any atom is 0.306 e. The van der Waals surface area contributed by atoms with Crippen molar-refractivity contribution in [2.45, 2.75) is 367 Å². The molecule has 0 amide bonds. The van der Waals surface area contributed by atoms with Crippen LogP contribution in [0.4, 0.5) is 0 Å². The molecule has 0 rings (SSSR count). The zero-order chi connectivity index (χ0) is 59.8. The number of ether oxygens (including phenoxy) is 2. The smallest absolute Gasteiger partial charge is 0.306 e. The number of phosphoric acid groups is 1. The van der Waals surface area contributed by atoms with E-state index in [2.05, 4.69) is 50.3 Å². The van der Waals surface area contributed by atoms with Gasteiger partial charge in [0.2, 0.25) is 0 Å². The van der Waals surface area contributed by atoms with Gasteiger partial charge in [0.25, 0.3) is 7.82 Å². The third-order valence-electron chi connectivity index (χ3n) is 16.1. The van der Waals surface area contributed by atoms with Crippen LogP contribution in [0.15, 0.2) is 36.5 Å². The summed E-state index contributed by atoms with van der Waals surface area (Å²) in [6.45, 7) is 4.30. The Morgan fingerprint density at radius 1 is 0.378 bits per heavy atom. The molecule has 0 aromatic carbocycles. The van der Waals surface area contributed by atoms with Crippen LogP contribution in [0.2, 0.25) is 0 Å². The molecule has 0 aromatic rings. The summed E-state index contributed by atoms with van der Waals surface area (Å²) in [7, 11) is 1.19. The zero-order valence-corrected chi connectivity index (χ0v) is 56.1. The molecule has 2 unspecified atom stereocenters. The standard InChI is InChI=1S/C72H138NO8P/c1-6-8-10-12-14-16-18-20-22-24-26-28-30-32-34-35-36-37-39-41-43-45-47-49-51-53-55-57-59-61-63-65-72(75)81-70(69-80-82(76,77)79-67-66-73(3,4)5)68-78-71(74)64-62-60-58-56-54-52-50-48-46-44-42-40-38-33-31-29-27-25-23-21-19-17-15-13-11-9-7-2/h18,20,24-27,70H,6-17,19,21-23,28-69H2,1-5H3/b20-18-,26-24-,27-25-. The van der Waals surface area contributed by atoms with E-state index in [-0.39, 0.29) is 32.0 Å². The molecule has 484 valence electrons. The van der Waals surface area contributed by atoms with Crippen molar-refractivity contribution in [2.24, 2.45) is 0 Å². The van der Waals surface area contributed by atoms with Crippen LogP contribution in [0.5, 0.6) is 0 Å². The van der Waals surface area contributed by atoms with E-state index in [9.17, 15) is 19.0 Å². The summed E-state index contributed by atoms with van der Waals surface area (Å²) in [4.78, 5) is 38.1. The number of rotatable bonds is 67. The fourth-order valence-electron chi connectivity index (χ4n) is 10.6. The van der Waals surface area contributed by atoms with Crippen LogP contribution >= 0.6 is 7.82 Å². The maximum atomic E-state index is 12.9. The molecule has 0 saturated carbocycles. The first-order valence-electron chi connectivity index (χ1n) is 35.7. The van der Waals surface area contributed by atoms with Gasteiger partial charge in [-0.2, -0.15) is 0 Å². The average molecular weight is 1180 g/mol. The summed E-state index contributed by atoms with van der Waals surface area (Å²) in [5.74, 6) is -0.812. The first-order valence-corrected chi connectivity index (χ1v) is 37.2. The molecule has 0 aliphatic carbocycles. The number of unbranched alkanes of at least 4 members (excludes halogenated alkanes) is 47. The van der Waals surface area contributed by atoms with Crippen LogP contribution < -0.4 is 4.89 Å². The molecule has 0 saturated heterocycles. The zero-order valence-electron chi connectivity index (χ0n) is 55.2. The van der Waals surface area contributed by atoms with E-state index in [4.69, 9.17) is 18.5 Å². The lowest BCUT2D eigenvalue weighted by atomic mass is 10.0. The topological polar surface area (TPSA) is 111 Å². The first kappa shape index (κ1) is 80.2. The summed E-state index contributed by atoms with van der Waals surface area (Å²) in [6, 6.07) is 0. The highest BCUT2D eigenvalue weighted by Crippen LogP contribution is 2.38. The molecule has 9 nitrogen and oxygen atoms in total. The summed E-state index contributed by atoms with van der Waals surface area (Å²) in [5, 5.41) is 0. The molecule has 2 atom stereocenters. The lowest BCUT2D eigenvalue weighted by molar-refractivity contribution is -0.870. The van der Waals surface area contributed by atoms with Gasteiger partial charge in [0, 0.05) is 12.8 Å². The molecule has 0 radical (unpaired) electrons. The van der Waals surface area contributed by atoms with E-state index in [0.717, 1.165) is 38.5 Å². The molecule has 0 spiro atoms. The van der Waals surface area contributed by atoms with Crippen molar-refractivity contribution in [3.63, 3.8) is 0 Å². The molecule has 10 heteroatoms. The predicted octanol–water partition coefficient (Wildman–Crippen LogP) is 22.4. The molecular weight excluding hydrogens is 1040 g/mol. The Kier molecular flexibility index (Phi) is 62.3. The van der Waals surface area contributed by atoms with E-state index >= 15 is 0 Å². The Labute approximate surface area is 510 Å². The number of likely N-dealkylation sites (N-methyl/N-ethyl adjacent to an activating group) is 1. The second-order valence-corrected chi connectivity index (χ2v) is 27.0. The number of phosphoric ester groups is 1. The van der Waals surface area contributed by atoms with Crippen LogP contribution in [0.1, 0.15) is 361 Å². The molecule has 0 bridgehead atoms. The molecule has 0 aliphatic heterocycles. The number of quaternary nitrogens is 1. The number of esters is 2. The highest BCUT2D eigenvalue weighted by molar-refractivity contribution is 7.45. The quantitative estimate of drug-likeness (QED) is 0.0195. The van der Waals surface area contributed by atoms with E-state index < -0.39 is 26.5 Å². The predicted molar refractivity (Wildman–Crippen MR) is 351 cm³/mol. The van der Waals surface area contributed by atoms with Gasteiger partial charge in [-0.25, -0.2) is 0 Å². The van der Waals surface area contributed by atoms with Crippen molar-refractivity contribution in [3.05, 3.63) is 36.5 Å². The largest absolute Gasteiger partial charge is 0.756 e. The van der Waals surface area contributed by atoms with Gasteiger partial charge in [0.1, 0.15) is 19.8 Å². The molecule has 0 heterocycles. The van der Waals surface area contributed by atoms with Crippen LogP contribution in [0.3, 0.4) is 0 Å². The van der Waals surface area contributed by atoms with Gasteiger partial charge in [-0.15, -0.1) is 0 Å². The van der Waals surface area contributed by atoms with Gasteiger partial charge in [0.05, 0.1) is 27.7 Å². The van der Waals surface area contributed by atoms with Crippen molar-refractivity contribution >= 4 is 19.8 Å². The number of carbonyl (C=O) groups is 2. The Hall–Kier alpha value is -1.77. The van der Waals surface area contributed by atoms with E-state index in [1.54, 1.807) is 0 Å². The Morgan fingerprint density at radius 2 is 0.659 bits per heavy atom. The number of carbonyl (C=O) groups excluding carboxylic acids is 2. The van der Waals surface area contributed by atoms with Crippen molar-refractivity contribution < 1.29 is 42.1 Å². The van der Waals surface area contributed by atoms with Gasteiger partial charge in [-0.3, -0.25) is 14.2 Å². The fraction of sp³-hybridized carbons (Fsp3) is 0.889. The van der Waals surface area contributed by atoms with Gasteiger partial charge in [-0.05, 0) is 70.6 Å². The molecule has 0 fully saturated rings. The molecule has 0 aliphatic rings. The highest BCUT2D eigenvalue weighted by Gasteiger charge is 2.22. The Balaban J connectivity index is 3.99. The number of allylic oxidation sites excluding steroid dienone is 6. The van der Waals surface area contributed by atoms with E-state index in [1.165, 1.54) is 289 Å². The SMILES string of the molecule is CCCCCCC/C=C\C/C=C\CCCCCCCCCCCCCCCCCCCCCC(=O)OC(COC(=O)CCCCCCCCCCCCCCCCC/C=C\CCCCCCCCCC)COP(=O)([O-])OCC[N+](C)(C)C. The molecule has 0 N–H and O–H groups in total. The second kappa shape index (κ2) is 63.7. The van der Waals surface area contributed by atoms with Crippen molar-refractivity contribution in [1.82, 2.24) is 0 Å². The maximum absolute atomic E-state index is 12.9. The fourth-order valence-corrected chi connectivity index (χ4v) is 11.4. The van der Waals surface area contributed by atoms with Gasteiger partial charge in [-0.1, -0.05) is 314 Å². The summed E-state index contributed by atoms with van der Waals surface area (Å²) >= 11 is 0. The number of hydrogen-bond acceptors (Lipinski definition) is 8. The van der Waals surface area contributed by atoms with Gasteiger partial charge in [0.15, 0.2) is 6.10 Å². The normalized spacial score (nSPS) is 13.3. The lowest BCUT2D eigenvalue weighted by Crippen LogP contribution is -2.37. The third kappa shape index (κ3) is 67.4.